The Kier molecular flexibility index (Phi) is 5.75. The van der Waals surface area contributed by atoms with E-state index in [2.05, 4.69) is 35.9 Å². The molecule has 2 atom stereocenters. The largest absolute Gasteiger partial charge is 0.311 e. The summed E-state index contributed by atoms with van der Waals surface area (Å²) in [6, 6.07) is 1.36. The fraction of sp³-hybridized carbons (Fsp3) is 0.846. The minimum absolute atomic E-state index is 0.677. The van der Waals surface area contributed by atoms with Crippen LogP contribution in [0, 0.1) is 11.8 Å². The summed E-state index contributed by atoms with van der Waals surface area (Å²) in [6.07, 6.45) is 3.77. The molecular formula is C13H24N2. The van der Waals surface area contributed by atoms with Crippen LogP contribution in [0.15, 0.2) is 0 Å². The Bertz CT molecular complexity index is 226. The maximum absolute atomic E-state index is 3.64. The summed E-state index contributed by atoms with van der Waals surface area (Å²) in [5.74, 6) is 6.19. The molecule has 1 rings (SSSR count). The Hall–Kier alpha value is -0.520. The molecule has 2 heteroatoms. The van der Waals surface area contributed by atoms with Crippen molar-refractivity contribution in [2.45, 2.75) is 52.1 Å². The molecule has 0 radical (unpaired) electrons. The molecule has 0 aromatic carbocycles. The van der Waals surface area contributed by atoms with E-state index in [9.17, 15) is 0 Å². The van der Waals surface area contributed by atoms with Gasteiger partial charge >= 0.3 is 0 Å². The third-order valence-electron chi connectivity index (χ3n) is 3.18. The lowest BCUT2D eigenvalue weighted by Gasteiger charge is -2.39. The first-order chi connectivity index (χ1) is 7.31. The van der Waals surface area contributed by atoms with Gasteiger partial charge in [0.1, 0.15) is 0 Å². The van der Waals surface area contributed by atoms with Crippen LogP contribution in [0.3, 0.4) is 0 Å². The van der Waals surface area contributed by atoms with Gasteiger partial charge in [-0.2, -0.15) is 0 Å². The number of piperazine rings is 1. The molecule has 1 saturated heterocycles. The van der Waals surface area contributed by atoms with Crippen LogP contribution in [0.5, 0.6) is 0 Å². The Morgan fingerprint density at radius 3 is 2.80 bits per heavy atom. The van der Waals surface area contributed by atoms with Crippen molar-refractivity contribution in [1.82, 2.24) is 10.2 Å². The van der Waals surface area contributed by atoms with Gasteiger partial charge in [0.15, 0.2) is 0 Å². The zero-order valence-electron chi connectivity index (χ0n) is 10.3. The summed E-state index contributed by atoms with van der Waals surface area (Å²) in [7, 11) is 0. The summed E-state index contributed by atoms with van der Waals surface area (Å²) < 4.78 is 0. The highest BCUT2D eigenvalue weighted by atomic mass is 15.2. The molecule has 2 unspecified atom stereocenters. The van der Waals surface area contributed by atoms with Gasteiger partial charge in [0.05, 0.1) is 6.54 Å². The SMILES string of the molecule is CC#CCN1CC(CCC)NCC1CC. The maximum Gasteiger partial charge on any atom is 0.0604 e. The van der Waals surface area contributed by atoms with Crippen molar-refractivity contribution >= 4 is 0 Å². The number of nitrogens with zero attached hydrogens (tertiary/aromatic N) is 1. The Balaban J connectivity index is 2.47. The first kappa shape index (κ1) is 12.5. The van der Waals surface area contributed by atoms with Gasteiger partial charge in [-0.05, 0) is 19.8 Å². The van der Waals surface area contributed by atoms with Crippen molar-refractivity contribution in [3.8, 4) is 11.8 Å². The predicted molar refractivity (Wildman–Crippen MR) is 65.8 cm³/mol. The number of rotatable bonds is 4. The van der Waals surface area contributed by atoms with Crippen molar-refractivity contribution in [1.29, 1.82) is 0 Å². The van der Waals surface area contributed by atoms with Crippen molar-refractivity contribution in [2.75, 3.05) is 19.6 Å². The zero-order valence-corrected chi connectivity index (χ0v) is 10.3. The quantitative estimate of drug-likeness (QED) is 0.710. The molecule has 0 bridgehead atoms. The molecule has 1 aliphatic rings. The van der Waals surface area contributed by atoms with Crippen LogP contribution in [-0.4, -0.2) is 36.6 Å². The van der Waals surface area contributed by atoms with Crippen LogP contribution in [-0.2, 0) is 0 Å². The van der Waals surface area contributed by atoms with Crippen molar-refractivity contribution < 1.29 is 0 Å². The fourth-order valence-electron chi connectivity index (χ4n) is 2.25. The van der Waals surface area contributed by atoms with Crippen molar-refractivity contribution in [2.24, 2.45) is 0 Å². The van der Waals surface area contributed by atoms with Crippen LogP contribution in [0.25, 0.3) is 0 Å². The summed E-state index contributed by atoms with van der Waals surface area (Å²) >= 11 is 0. The molecule has 0 aromatic heterocycles. The highest BCUT2D eigenvalue weighted by molar-refractivity contribution is 5.00. The summed E-state index contributed by atoms with van der Waals surface area (Å²) in [5, 5.41) is 3.64. The molecule has 0 amide bonds. The van der Waals surface area contributed by atoms with Gasteiger partial charge < -0.3 is 5.32 Å². The number of nitrogens with one attached hydrogen (secondary N) is 1. The molecule has 0 aromatic rings. The molecule has 0 spiro atoms. The van der Waals surface area contributed by atoms with Gasteiger partial charge in [-0.25, -0.2) is 0 Å². The van der Waals surface area contributed by atoms with Crippen LogP contribution in [0.4, 0.5) is 0 Å². The standard InChI is InChI=1S/C13H24N2/c1-4-7-9-15-11-12(8-5-2)14-10-13(15)6-3/h12-14H,5-6,8-11H2,1-3H3. The molecule has 1 fully saturated rings. The molecule has 1 heterocycles. The van der Waals surface area contributed by atoms with Gasteiger partial charge in [-0.3, -0.25) is 4.90 Å². The lowest BCUT2D eigenvalue weighted by molar-refractivity contribution is 0.139. The first-order valence-corrected chi connectivity index (χ1v) is 6.18. The van der Waals surface area contributed by atoms with E-state index in [0.717, 1.165) is 13.1 Å². The second-order valence-electron chi connectivity index (χ2n) is 4.31. The Morgan fingerprint density at radius 2 is 2.20 bits per heavy atom. The van der Waals surface area contributed by atoms with Crippen LogP contribution >= 0.6 is 0 Å². The smallest absolute Gasteiger partial charge is 0.0604 e. The molecular weight excluding hydrogens is 184 g/mol. The Labute approximate surface area is 94.4 Å². The second-order valence-corrected chi connectivity index (χ2v) is 4.31. The van der Waals surface area contributed by atoms with Crippen molar-refractivity contribution in [3.05, 3.63) is 0 Å². The van der Waals surface area contributed by atoms with Crippen LogP contribution in [0.2, 0.25) is 0 Å². The summed E-state index contributed by atoms with van der Waals surface area (Å²) in [6.45, 7) is 9.68. The van der Waals surface area contributed by atoms with Gasteiger partial charge in [-0.15, -0.1) is 5.92 Å². The van der Waals surface area contributed by atoms with Gasteiger partial charge in [0.25, 0.3) is 0 Å². The minimum Gasteiger partial charge on any atom is -0.311 e. The van der Waals surface area contributed by atoms with E-state index in [1.807, 2.05) is 6.92 Å². The van der Waals surface area contributed by atoms with Gasteiger partial charge in [-0.1, -0.05) is 26.2 Å². The van der Waals surface area contributed by atoms with Crippen LogP contribution in [0.1, 0.15) is 40.0 Å². The monoisotopic (exact) mass is 208 g/mol. The topological polar surface area (TPSA) is 15.3 Å². The summed E-state index contributed by atoms with van der Waals surface area (Å²) in [5.41, 5.74) is 0. The molecule has 0 aliphatic carbocycles. The Morgan fingerprint density at radius 1 is 1.40 bits per heavy atom. The second kappa shape index (κ2) is 6.87. The lowest BCUT2D eigenvalue weighted by Crippen LogP contribution is -2.56. The van der Waals surface area contributed by atoms with E-state index < -0.39 is 0 Å². The third kappa shape index (κ3) is 3.85. The third-order valence-corrected chi connectivity index (χ3v) is 3.18. The van der Waals surface area contributed by atoms with E-state index in [0.29, 0.717) is 12.1 Å². The van der Waals surface area contributed by atoms with E-state index >= 15 is 0 Å². The van der Waals surface area contributed by atoms with Gasteiger partial charge in [0.2, 0.25) is 0 Å². The zero-order chi connectivity index (χ0) is 11.1. The highest BCUT2D eigenvalue weighted by Gasteiger charge is 2.25. The minimum atomic E-state index is 0.677. The molecule has 0 saturated carbocycles. The first-order valence-electron chi connectivity index (χ1n) is 6.18. The molecule has 86 valence electrons. The van der Waals surface area contributed by atoms with E-state index in [1.165, 1.54) is 25.8 Å². The van der Waals surface area contributed by atoms with Crippen molar-refractivity contribution in [3.63, 3.8) is 0 Å². The number of hydrogen-bond donors (Lipinski definition) is 1. The number of hydrogen-bond acceptors (Lipinski definition) is 2. The van der Waals surface area contributed by atoms with E-state index in [4.69, 9.17) is 0 Å². The summed E-state index contributed by atoms with van der Waals surface area (Å²) in [4.78, 5) is 2.54. The molecule has 15 heavy (non-hydrogen) atoms. The lowest BCUT2D eigenvalue weighted by atomic mass is 10.0. The van der Waals surface area contributed by atoms with Gasteiger partial charge in [0, 0.05) is 25.2 Å². The highest BCUT2D eigenvalue weighted by Crippen LogP contribution is 2.12. The molecule has 2 nitrogen and oxygen atoms in total. The maximum atomic E-state index is 3.64. The predicted octanol–water partition coefficient (Wildman–Crippen LogP) is 1.86. The fourth-order valence-corrected chi connectivity index (χ4v) is 2.25. The average Bonchev–Trinajstić information content (AvgIpc) is 2.27. The molecule has 1 aliphatic heterocycles. The molecule has 1 N–H and O–H groups in total. The normalized spacial score (nSPS) is 27.1. The van der Waals surface area contributed by atoms with E-state index in [1.54, 1.807) is 0 Å². The van der Waals surface area contributed by atoms with Crippen LogP contribution < -0.4 is 5.32 Å². The van der Waals surface area contributed by atoms with E-state index in [-0.39, 0.29) is 0 Å². The average molecular weight is 208 g/mol.